The molecule has 39 heavy (non-hydrogen) atoms. The molecule has 0 spiro atoms. The molecule has 13 heteroatoms. The molecule has 5 rings (SSSR count). The molecule has 0 unspecified atom stereocenters. The highest BCUT2D eigenvalue weighted by atomic mass is 35.5. The molecule has 2 aliphatic heterocycles. The number of ether oxygens (including phenoxy) is 3. The van der Waals surface area contributed by atoms with Crippen LogP contribution in [0.15, 0.2) is 29.2 Å². The Balaban J connectivity index is 1.44. The van der Waals surface area contributed by atoms with Crippen LogP contribution in [0.1, 0.15) is 43.8 Å². The zero-order valence-corrected chi connectivity index (χ0v) is 23.8. The molecule has 1 aliphatic carbocycles. The number of carbonyl (C=O) groups is 1. The van der Waals surface area contributed by atoms with E-state index in [1.807, 2.05) is 22.6 Å². The standard InChI is InChI=1S/C26H36ClN5O6S/c1-17-13-24(32(30-17)18-5-9-37-10-6-18)31-16-20(15-22(31)25(33)29-26(28)7-8-26)39(34,35)23-4-3-19(14-21(23)27)38-12-11-36-2/h3-4,13-14,18,20,22H,5-12,15-16,28H2,1-2H3,(H,29,33)/t20-,22+/m1/s1. The highest BCUT2D eigenvalue weighted by molar-refractivity contribution is 7.92. The van der Waals surface area contributed by atoms with Gasteiger partial charge in [-0.15, -0.1) is 0 Å². The van der Waals surface area contributed by atoms with Crippen LogP contribution in [0.3, 0.4) is 0 Å². The van der Waals surface area contributed by atoms with Crippen molar-refractivity contribution in [1.29, 1.82) is 0 Å². The molecule has 0 bridgehead atoms. The van der Waals surface area contributed by atoms with Gasteiger partial charge in [-0.1, -0.05) is 11.6 Å². The van der Waals surface area contributed by atoms with Crippen LogP contribution in [0.4, 0.5) is 5.82 Å². The topological polar surface area (TPSA) is 138 Å². The van der Waals surface area contributed by atoms with Gasteiger partial charge in [-0.3, -0.25) is 4.79 Å². The van der Waals surface area contributed by atoms with Crippen LogP contribution < -0.4 is 20.7 Å². The van der Waals surface area contributed by atoms with E-state index in [-0.39, 0.29) is 34.8 Å². The second kappa shape index (κ2) is 11.2. The second-order valence-corrected chi connectivity index (χ2v) is 13.2. The number of amides is 1. The van der Waals surface area contributed by atoms with E-state index >= 15 is 0 Å². The lowest BCUT2D eigenvalue weighted by Crippen LogP contribution is -2.52. The molecule has 2 aromatic rings. The maximum atomic E-state index is 13.9. The van der Waals surface area contributed by atoms with E-state index in [2.05, 4.69) is 5.32 Å². The fourth-order valence-electron chi connectivity index (χ4n) is 5.25. The normalized spacial score (nSPS) is 23.1. The molecule has 2 saturated heterocycles. The van der Waals surface area contributed by atoms with Gasteiger partial charge >= 0.3 is 0 Å². The van der Waals surface area contributed by atoms with Gasteiger partial charge < -0.3 is 30.2 Å². The molecule has 3 aliphatic rings. The maximum absolute atomic E-state index is 13.9. The molecule has 1 aromatic heterocycles. The summed E-state index contributed by atoms with van der Waals surface area (Å²) in [5.74, 6) is 0.903. The number of aromatic nitrogens is 2. The van der Waals surface area contributed by atoms with Crippen LogP contribution in [-0.4, -0.2) is 81.1 Å². The predicted molar refractivity (Wildman–Crippen MR) is 146 cm³/mol. The number of rotatable bonds is 10. The summed E-state index contributed by atoms with van der Waals surface area (Å²) < 4.78 is 45.8. The lowest BCUT2D eigenvalue weighted by molar-refractivity contribution is -0.123. The molecule has 214 valence electrons. The molecule has 1 amide bonds. The Bertz CT molecular complexity index is 1310. The van der Waals surface area contributed by atoms with Crippen molar-refractivity contribution >= 4 is 33.2 Å². The van der Waals surface area contributed by atoms with Gasteiger partial charge in [0.15, 0.2) is 9.84 Å². The van der Waals surface area contributed by atoms with Gasteiger partial charge in [-0.25, -0.2) is 13.1 Å². The molecule has 3 heterocycles. The van der Waals surface area contributed by atoms with Crippen LogP contribution >= 0.6 is 11.6 Å². The quantitative estimate of drug-likeness (QED) is 0.319. The Morgan fingerprint density at radius 1 is 1.26 bits per heavy atom. The number of nitrogens with two attached hydrogens (primary N) is 1. The lowest BCUT2D eigenvalue weighted by atomic mass is 10.1. The summed E-state index contributed by atoms with van der Waals surface area (Å²) in [6.07, 6.45) is 3.08. The number of anilines is 1. The van der Waals surface area contributed by atoms with Gasteiger partial charge in [0.2, 0.25) is 5.91 Å². The van der Waals surface area contributed by atoms with E-state index < -0.39 is 26.8 Å². The van der Waals surface area contributed by atoms with Gasteiger partial charge in [0.05, 0.1) is 39.2 Å². The fourth-order valence-corrected chi connectivity index (χ4v) is 7.49. The summed E-state index contributed by atoms with van der Waals surface area (Å²) >= 11 is 6.46. The summed E-state index contributed by atoms with van der Waals surface area (Å²) in [6.45, 7) is 3.98. The average molecular weight is 582 g/mol. The van der Waals surface area contributed by atoms with Crippen molar-refractivity contribution in [2.75, 3.05) is 45.0 Å². The van der Waals surface area contributed by atoms with Gasteiger partial charge in [0, 0.05) is 39.0 Å². The van der Waals surface area contributed by atoms with E-state index in [4.69, 9.17) is 36.6 Å². The summed E-state index contributed by atoms with van der Waals surface area (Å²) in [5, 5.41) is 6.87. The summed E-state index contributed by atoms with van der Waals surface area (Å²) in [7, 11) is -2.32. The predicted octanol–water partition coefficient (Wildman–Crippen LogP) is 2.21. The number of halogens is 1. The number of aryl methyl sites for hydroxylation is 1. The van der Waals surface area contributed by atoms with E-state index in [1.54, 1.807) is 13.2 Å². The van der Waals surface area contributed by atoms with Crippen LogP contribution in [0.2, 0.25) is 5.02 Å². The van der Waals surface area contributed by atoms with Crippen molar-refractivity contribution in [2.45, 2.75) is 66.9 Å². The van der Waals surface area contributed by atoms with E-state index in [9.17, 15) is 13.2 Å². The highest BCUT2D eigenvalue weighted by Crippen LogP contribution is 2.38. The van der Waals surface area contributed by atoms with Crippen LogP contribution in [0, 0.1) is 6.92 Å². The van der Waals surface area contributed by atoms with Crippen LogP contribution in [0.5, 0.6) is 5.75 Å². The SMILES string of the molecule is COCCOc1ccc(S(=O)(=O)[C@@H]2C[C@@H](C(=O)NC3(N)CC3)N(c3cc(C)nn3C3CCOCC3)C2)c(Cl)c1. The molecule has 1 saturated carbocycles. The number of hydrogen-bond acceptors (Lipinski definition) is 9. The number of nitrogens with zero attached hydrogens (tertiary/aromatic N) is 3. The first kappa shape index (κ1) is 28.2. The van der Waals surface area contributed by atoms with Gasteiger partial charge in [0.1, 0.15) is 24.2 Å². The number of sulfone groups is 1. The number of nitrogens with one attached hydrogen (secondary N) is 1. The Morgan fingerprint density at radius 3 is 2.67 bits per heavy atom. The van der Waals surface area contributed by atoms with Crippen molar-refractivity contribution in [1.82, 2.24) is 15.1 Å². The Morgan fingerprint density at radius 2 is 2.00 bits per heavy atom. The first-order valence-electron chi connectivity index (χ1n) is 13.3. The molecule has 3 fully saturated rings. The lowest BCUT2D eigenvalue weighted by Gasteiger charge is -2.31. The molecule has 0 radical (unpaired) electrons. The number of benzene rings is 1. The molecule has 3 N–H and O–H groups in total. The van der Waals surface area contributed by atoms with Crippen molar-refractivity contribution in [3.05, 3.63) is 35.0 Å². The largest absolute Gasteiger partial charge is 0.491 e. The van der Waals surface area contributed by atoms with Gasteiger partial charge in [0.25, 0.3) is 0 Å². The van der Waals surface area contributed by atoms with E-state index in [1.165, 1.54) is 12.1 Å². The maximum Gasteiger partial charge on any atom is 0.244 e. The Hall–Kier alpha value is -2.38. The minimum absolute atomic E-state index is 0.0147. The summed E-state index contributed by atoms with van der Waals surface area (Å²) in [5.41, 5.74) is 6.28. The zero-order valence-electron chi connectivity index (χ0n) is 22.3. The zero-order chi connectivity index (χ0) is 27.8. The molecular weight excluding hydrogens is 546 g/mol. The summed E-state index contributed by atoms with van der Waals surface area (Å²) in [4.78, 5) is 15.4. The van der Waals surface area contributed by atoms with Crippen molar-refractivity contribution in [3.63, 3.8) is 0 Å². The van der Waals surface area contributed by atoms with Crippen molar-refractivity contribution in [3.8, 4) is 5.75 Å². The third-order valence-electron chi connectivity index (χ3n) is 7.60. The minimum atomic E-state index is -3.89. The number of carbonyl (C=O) groups excluding carboxylic acids is 1. The van der Waals surface area contributed by atoms with Crippen molar-refractivity contribution in [2.24, 2.45) is 5.73 Å². The third-order valence-corrected chi connectivity index (χ3v) is 10.2. The molecule has 2 atom stereocenters. The first-order valence-corrected chi connectivity index (χ1v) is 15.2. The summed E-state index contributed by atoms with van der Waals surface area (Å²) in [6, 6.07) is 5.84. The third kappa shape index (κ3) is 6.04. The first-order chi connectivity index (χ1) is 18.6. The Labute approximate surface area is 233 Å². The van der Waals surface area contributed by atoms with Crippen LogP contribution in [0.25, 0.3) is 0 Å². The minimum Gasteiger partial charge on any atom is -0.491 e. The monoisotopic (exact) mass is 581 g/mol. The smallest absolute Gasteiger partial charge is 0.244 e. The Kier molecular flexibility index (Phi) is 8.12. The highest BCUT2D eigenvalue weighted by Gasteiger charge is 2.48. The van der Waals surface area contributed by atoms with Crippen molar-refractivity contribution < 1.29 is 27.4 Å². The molecule has 1 aromatic carbocycles. The number of hydrogen-bond donors (Lipinski definition) is 2. The van der Waals surface area contributed by atoms with Gasteiger partial charge in [-0.05, 0) is 51.2 Å². The number of methoxy groups -OCH3 is 1. The molecule has 11 nitrogen and oxygen atoms in total. The van der Waals surface area contributed by atoms with E-state index in [0.29, 0.717) is 45.0 Å². The molecular formula is C26H36ClN5O6S. The van der Waals surface area contributed by atoms with E-state index in [0.717, 1.165) is 24.4 Å². The fraction of sp³-hybridized carbons (Fsp3) is 0.615. The second-order valence-electron chi connectivity index (χ2n) is 10.6. The average Bonchev–Trinajstić information content (AvgIpc) is 3.28. The van der Waals surface area contributed by atoms with Gasteiger partial charge in [-0.2, -0.15) is 5.10 Å². The van der Waals surface area contributed by atoms with Crippen LogP contribution in [-0.2, 0) is 24.1 Å².